The van der Waals surface area contributed by atoms with Gasteiger partial charge in [-0.2, -0.15) is 0 Å². The van der Waals surface area contributed by atoms with E-state index in [9.17, 15) is 14.0 Å². The maximum Gasteiger partial charge on any atom is 0.238 e. The molecular weight excluding hydrogens is 473 g/mol. The van der Waals surface area contributed by atoms with Crippen molar-refractivity contribution in [2.75, 3.05) is 11.9 Å². The van der Waals surface area contributed by atoms with Crippen LogP contribution in [0.1, 0.15) is 24.6 Å². The van der Waals surface area contributed by atoms with E-state index >= 15 is 0 Å². The molecule has 1 unspecified atom stereocenters. The van der Waals surface area contributed by atoms with Gasteiger partial charge in [0.05, 0.1) is 18.8 Å². The summed E-state index contributed by atoms with van der Waals surface area (Å²) in [4.78, 5) is 33.2. The van der Waals surface area contributed by atoms with Gasteiger partial charge in [-0.15, -0.1) is 11.3 Å². The number of carbonyl (C=O) groups excluding carboxylic acids is 2. The van der Waals surface area contributed by atoms with Crippen molar-refractivity contribution in [2.45, 2.75) is 31.6 Å². The van der Waals surface area contributed by atoms with E-state index in [1.807, 2.05) is 24.4 Å². The lowest BCUT2D eigenvalue weighted by Gasteiger charge is -2.31. The van der Waals surface area contributed by atoms with Crippen molar-refractivity contribution in [3.63, 3.8) is 0 Å². The summed E-state index contributed by atoms with van der Waals surface area (Å²) < 4.78 is 18.9. The van der Waals surface area contributed by atoms with Crippen LogP contribution in [0.4, 0.5) is 15.8 Å². The van der Waals surface area contributed by atoms with Crippen LogP contribution in [-0.2, 0) is 16.1 Å². The number of amidine groups is 1. The first-order valence-corrected chi connectivity index (χ1v) is 12.6. The number of nitrogens with one attached hydrogen (secondary N) is 1. The molecule has 4 rings (SSSR count). The molecule has 3 aromatic rings. The largest absolute Gasteiger partial charge is 0.494 e. The molecule has 9 heteroatoms. The number of ether oxygens (including phenoxy) is 1. The van der Waals surface area contributed by atoms with Crippen LogP contribution in [0.5, 0.6) is 5.75 Å². The second-order valence-corrected chi connectivity index (χ2v) is 9.80. The second kappa shape index (κ2) is 11.3. The highest BCUT2D eigenvalue weighted by molar-refractivity contribution is 8.15. The number of thioether (sulfide) groups is 1. The molecule has 6 nitrogen and oxygen atoms in total. The number of amides is 2. The highest BCUT2D eigenvalue weighted by atomic mass is 32.2. The van der Waals surface area contributed by atoms with Crippen molar-refractivity contribution in [2.24, 2.45) is 4.99 Å². The van der Waals surface area contributed by atoms with Crippen molar-refractivity contribution in [3.05, 3.63) is 76.7 Å². The third kappa shape index (κ3) is 6.24. The molecule has 34 heavy (non-hydrogen) atoms. The van der Waals surface area contributed by atoms with Gasteiger partial charge in [0.1, 0.15) is 16.8 Å². The molecule has 0 saturated carbocycles. The predicted octanol–water partition coefficient (Wildman–Crippen LogP) is 5.84. The molecular formula is C25H24FN3O3S2. The fourth-order valence-electron chi connectivity index (χ4n) is 3.26. The number of benzene rings is 2. The van der Waals surface area contributed by atoms with Gasteiger partial charge in [0.15, 0.2) is 5.17 Å². The Balaban J connectivity index is 1.51. The van der Waals surface area contributed by atoms with Gasteiger partial charge in [-0.05, 0) is 66.4 Å². The summed E-state index contributed by atoms with van der Waals surface area (Å²) in [5, 5.41) is 4.61. The number of anilines is 1. The third-order valence-corrected chi connectivity index (χ3v) is 7.02. The van der Waals surface area contributed by atoms with Crippen LogP contribution < -0.4 is 10.1 Å². The lowest BCUT2D eigenvalue weighted by molar-refractivity contribution is -0.129. The minimum absolute atomic E-state index is 0.0575. The van der Waals surface area contributed by atoms with Gasteiger partial charge in [0, 0.05) is 17.0 Å². The first kappa shape index (κ1) is 24.0. The molecule has 2 amide bonds. The van der Waals surface area contributed by atoms with Crippen LogP contribution in [0.2, 0.25) is 0 Å². The maximum atomic E-state index is 13.3. The van der Waals surface area contributed by atoms with E-state index in [4.69, 9.17) is 4.74 Å². The fourth-order valence-corrected chi connectivity index (χ4v) is 5.05. The summed E-state index contributed by atoms with van der Waals surface area (Å²) in [6.45, 7) is 3.04. The van der Waals surface area contributed by atoms with Gasteiger partial charge in [0.2, 0.25) is 11.8 Å². The predicted molar refractivity (Wildman–Crippen MR) is 135 cm³/mol. The summed E-state index contributed by atoms with van der Waals surface area (Å²) in [5.74, 6) is -0.0882. The van der Waals surface area contributed by atoms with E-state index in [2.05, 4.69) is 10.3 Å². The monoisotopic (exact) mass is 497 g/mol. The summed E-state index contributed by atoms with van der Waals surface area (Å²) in [6.07, 6.45) is 0.971. The van der Waals surface area contributed by atoms with E-state index in [1.54, 1.807) is 52.6 Å². The van der Waals surface area contributed by atoms with Gasteiger partial charge < -0.3 is 10.1 Å². The molecule has 1 atom stereocenters. The Morgan fingerprint density at radius 3 is 2.62 bits per heavy atom. The third-order valence-electron chi connectivity index (χ3n) is 4.97. The molecule has 1 aliphatic heterocycles. The Morgan fingerprint density at radius 2 is 1.94 bits per heavy atom. The van der Waals surface area contributed by atoms with Crippen LogP contribution in [0.15, 0.2) is 71.0 Å². The lowest BCUT2D eigenvalue weighted by Crippen LogP contribution is -2.44. The van der Waals surface area contributed by atoms with Crippen molar-refractivity contribution < 1.29 is 18.7 Å². The van der Waals surface area contributed by atoms with Gasteiger partial charge in [-0.25, -0.2) is 9.38 Å². The van der Waals surface area contributed by atoms with Gasteiger partial charge in [-0.1, -0.05) is 24.8 Å². The molecule has 1 aliphatic rings. The summed E-state index contributed by atoms with van der Waals surface area (Å²) >= 11 is 2.78. The van der Waals surface area contributed by atoms with Crippen molar-refractivity contribution >= 4 is 51.5 Å². The molecule has 0 spiro atoms. The zero-order valence-corrected chi connectivity index (χ0v) is 20.2. The quantitative estimate of drug-likeness (QED) is 0.425. The van der Waals surface area contributed by atoms with E-state index in [1.165, 1.54) is 23.9 Å². The number of halogens is 1. The second-order valence-electron chi connectivity index (χ2n) is 7.60. The molecule has 0 aliphatic carbocycles. The minimum atomic E-state index is -0.637. The van der Waals surface area contributed by atoms with Gasteiger partial charge in [-0.3, -0.25) is 14.5 Å². The zero-order valence-electron chi connectivity index (χ0n) is 18.6. The lowest BCUT2D eigenvalue weighted by atomic mass is 10.2. The number of hydrogen-bond donors (Lipinski definition) is 1. The summed E-state index contributed by atoms with van der Waals surface area (Å²) in [7, 11) is 0. The number of carbonyl (C=O) groups is 2. The molecule has 1 N–H and O–H groups in total. The van der Waals surface area contributed by atoms with E-state index < -0.39 is 5.25 Å². The maximum absolute atomic E-state index is 13.3. The Hall–Kier alpha value is -3.17. The van der Waals surface area contributed by atoms with Gasteiger partial charge in [0.25, 0.3) is 0 Å². The molecule has 1 fully saturated rings. The Bertz CT molecular complexity index is 1150. The average Bonchev–Trinajstić information content (AvgIpc) is 3.35. The first-order chi connectivity index (χ1) is 16.5. The smallest absolute Gasteiger partial charge is 0.238 e. The molecule has 1 aromatic heterocycles. The Labute approximate surface area is 205 Å². The summed E-state index contributed by atoms with van der Waals surface area (Å²) in [5.41, 5.74) is 1.14. The van der Waals surface area contributed by atoms with Crippen molar-refractivity contribution in [1.29, 1.82) is 0 Å². The Kier molecular flexibility index (Phi) is 7.97. The topological polar surface area (TPSA) is 71.0 Å². The van der Waals surface area contributed by atoms with Crippen molar-refractivity contribution in [1.82, 2.24) is 4.90 Å². The van der Waals surface area contributed by atoms with Crippen LogP contribution in [0.25, 0.3) is 0 Å². The standard InChI is InChI=1S/C25H24FN3O3S2/c1-2-13-32-20-11-9-18(10-12-20)27-24(31)22-15-23(30)29(16-21-4-3-14-33-21)25(34-22)28-19-7-5-17(26)6-8-19/h3-12,14,22H,2,13,15-16H2,1H3,(H,27,31). The number of nitrogens with zero attached hydrogens (tertiary/aromatic N) is 2. The van der Waals surface area contributed by atoms with Crippen LogP contribution >= 0.6 is 23.1 Å². The van der Waals surface area contributed by atoms with E-state index in [-0.39, 0.29) is 24.1 Å². The zero-order chi connectivity index (χ0) is 23.9. The molecule has 0 bridgehead atoms. The van der Waals surface area contributed by atoms with Crippen LogP contribution in [0, 0.1) is 5.82 Å². The SMILES string of the molecule is CCCOc1ccc(NC(=O)C2CC(=O)N(Cc3cccs3)C(=Nc3ccc(F)cc3)S2)cc1. The van der Waals surface area contributed by atoms with Crippen molar-refractivity contribution in [3.8, 4) is 5.75 Å². The number of rotatable bonds is 8. The number of hydrogen-bond acceptors (Lipinski definition) is 6. The fraction of sp³-hybridized carbons (Fsp3) is 0.240. The highest BCUT2D eigenvalue weighted by Crippen LogP contribution is 2.31. The minimum Gasteiger partial charge on any atom is -0.494 e. The summed E-state index contributed by atoms with van der Waals surface area (Å²) in [6, 6.07) is 16.7. The molecule has 2 heterocycles. The highest BCUT2D eigenvalue weighted by Gasteiger charge is 2.36. The number of aliphatic imine (C=N–C) groups is 1. The van der Waals surface area contributed by atoms with Crippen LogP contribution in [0.3, 0.4) is 0 Å². The first-order valence-electron chi connectivity index (χ1n) is 10.9. The van der Waals surface area contributed by atoms with E-state index in [0.29, 0.717) is 29.7 Å². The van der Waals surface area contributed by atoms with Crippen LogP contribution in [-0.4, -0.2) is 33.7 Å². The van der Waals surface area contributed by atoms with E-state index in [0.717, 1.165) is 17.0 Å². The molecule has 2 aromatic carbocycles. The average molecular weight is 498 g/mol. The normalized spacial score (nSPS) is 17.1. The van der Waals surface area contributed by atoms with Gasteiger partial charge >= 0.3 is 0 Å². The number of thiophene rings is 1. The molecule has 1 saturated heterocycles. The molecule has 176 valence electrons. The molecule has 0 radical (unpaired) electrons. The Morgan fingerprint density at radius 1 is 1.18 bits per heavy atom.